The standard InChI is InChI=1S/C21H24N4O/c22-21-13-16(9-10-23-21)5-8-19-15-25(11-12-26-19)14-18-7-6-17-3-1-2-4-20(17)24-18/h1-4,6-7,9-10,13,19H,5,8,11-12,14-15H2,(H2,22,23)/t19-/m0/s1. The molecule has 2 aromatic heterocycles. The molecular weight excluding hydrogens is 324 g/mol. The zero-order chi connectivity index (χ0) is 17.8. The lowest BCUT2D eigenvalue weighted by Crippen LogP contribution is -2.42. The van der Waals surface area contributed by atoms with Crippen LogP contribution in [0.1, 0.15) is 17.7 Å². The van der Waals surface area contributed by atoms with Crippen LogP contribution in [0.3, 0.4) is 0 Å². The quantitative estimate of drug-likeness (QED) is 0.768. The molecule has 4 rings (SSSR count). The van der Waals surface area contributed by atoms with Gasteiger partial charge in [-0.3, -0.25) is 9.88 Å². The van der Waals surface area contributed by atoms with Crippen LogP contribution in [0.25, 0.3) is 10.9 Å². The molecule has 0 saturated carbocycles. The average molecular weight is 348 g/mol. The first-order chi connectivity index (χ1) is 12.8. The van der Waals surface area contributed by atoms with E-state index in [9.17, 15) is 0 Å². The van der Waals surface area contributed by atoms with Gasteiger partial charge in [-0.1, -0.05) is 24.3 Å². The van der Waals surface area contributed by atoms with Gasteiger partial charge in [-0.05, 0) is 42.7 Å². The van der Waals surface area contributed by atoms with Gasteiger partial charge in [-0.15, -0.1) is 0 Å². The van der Waals surface area contributed by atoms with Crippen molar-refractivity contribution in [2.24, 2.45) is 0 Å². The van der Waals surface area contributed by atoms with Crippen LogP contribution in [0.5, 0.6) is 0 Å². The van der Waals surface area contributed by atoms with Gasteiger partial charge in [0.2, 0.25) is 0 Å². The van der Waals surface area contributed by atoms with E-state index in [0.717, 1.165) is 50.3 Å². The number of rotatable bonds is 5. The van der Waals surface area contributed by atoms with Crippen molar-refractivity contribution in [2.45, 2.75) is 25.5 Å². The molecule has 5 nitrogen and oxygen atoms in total. The highest BCUT2D eigenvalue weighted by Gasteiger charge is 2.20. The molecule has 1 aliphatic rings. The maximum atomic E-state index is 5.96. The minimum absolute atomic E-state index is 0.249. The average Bonchev–Trinajstić information content (AvgIpc) is 2.67. The summed E-state index contributed by atoms with van der Waals surface area (Å²) in [6.45, 7) is 3.53. The summed E-state index contributed by atoms with van der Waals surface area (Å²) < 4.78 is 5.96. The number of fused-ring (bicyclic) bond motifs is 1. The number of ether oxygens (including phenoxy) is 1. The first kappa shape index (κ1) is 16.9. The van der Waals surface area contributed by atoms with E-state index in [-0.39, 0.29) is 6.10 Å². The molecule has 1 saturated heterocycles. The normalized spacial score (nSPS) is 18.2. The second-order valence-corrected chi connectivity index (χ2v) is 6.85. The largest absolute Gasteiger partial charge is 0.384 e. The Hall–Kier alpha value is -2.50. The van der Waals surface area contributed by atoms with Gasteiger partial charge >= 0.3 is 0 Å². The van der Waals surface area contributed by atoms with Crippen LogP contribution in [-0.4, -0.2) is 40.7 Å². The predicted molar refractivity (Wildman–Crippen MR) is 104 cm³/mol. The number of aryl methyl sites for hydroxylation is 1. The van der Waals surface area contributed by atoms with Gasteiger partial charge in [0.15, 0.2) is 0 Å². The third-order valence-corrected chi connectivity index (χ3v) is 4.87. The van der Waals surface area contributed by atoms with Gasteiger partial charge in [0.05, 0.1) is 23.9 Å². The summed E-state index contributed by atoms with van der Waals surface area (Å²) in [5.74, 6) is 0.580. The second-order valence-electron chi connectivity index (χ2n) is 6.85. The fraction of sp³-hybridized carbons (Fsp3) is 0.333. The van der Waals surface area contributed by atoms with Crippen molar-refractivity contribution in [3.05, 3.63) is 66.0 Å². The molecule has 0 spiro atoms. The number of morpholine rings is 1. The number of anilines is 1. The Morgan fingerprint density at radius 3 is 3.00 bits per heavy atom. The third-order valence-electron chi connectivity index (χ3n) is 4.87. The smallest absolute Gasteiger partial charge is 0.123 e. The summed E-state index contributed by atoms with van der Waals surface area (Å²) in [7, 11) is 0. The summed E-state index contributed by atoms with van der Waals surface area (Å²) in [5.41, 5.74) is 9.15. The molecule has 3 aromatic rings. The number of nitrogens with two attached hydrogens (primary N) is 1. The Balaban J connectivity index is 1.35. The minimum Gasteiger partial charge on any atom is -0.384 e. The van der Waals surface area contributed by atoms with E-state index in [0.29, 0.717) is 5.82 Å². The van der Waals surface area contributed by atoms with Gasteiger partial charge in [0, 0.05) is 31.2 Å². The van der Waals surface area contributed by atoms with Crippen LogP contribution >= 0.6 is 0 Å². The Morgan fingerprint density at radius 1 is 1.15 bits per heavy atom. The molecule has 1 aromatic carbocycles. The monoisotopic (exact) mass is 348 g/mol. The van der Waals surface area contributed by atoms with Crippen molar-refractivity contribution < 1.29 is 4.74 Å². The van der Waals surface area contributed by atoms with Crippen LogP contribution < -0.4 is 5.73 Å². The zero-order valence-electron chi connectivity index (χ0n) is 14.8. The van der Waals surface area contributed by atoms with Gasteiger partial charge in [0.25, 0.3) is 0 Å². The molecule has 0 aliphatic carbocycles. The fourth-order valence-corrected chi connectivity index (χ4v) is 3.50. The Bertz CT molecular complexity index is 883. The summed E-state index contributed by atoms with van der Waals surface area (Å²) in [6.07, 6.45) is 3.97. The highest BCUT2D eigenvalue weighted by molar-refractivity contribution is 5.78. The molecule has 134 valence electrons. The molecule has 2 N–H and O–H groups in total. The van der Waals surface area contributed by atoms with E-state index in [2.05, 4.69) is 34.1 Å². The lowest BCUT2D eigenvalue weighted by molar-refractivity contribution is -0.0348. The van der Waals surface area contributed by atoms with E-state index in [4.69, 9.17) is 15.5 Å². The van der Waals surface area contributed by atoms with E-state index >= 15 is 0 Å². The Labute approximate surface area is 153 Å². The van der Waals surface area contributed by atoms with Crippen molar-refractivity contribution >= 4 is 16.7 Å². The number of pyridine rings is 2. The van der Waals surface area contributed by atoms with Crippen LogP contribution in [0, 0.1) is 0 Å². The van der Waals surface area contributed by atoms with Gasteiger partial charge in [0.1, 0.15) is 5.82 Å². The Kier molecular flexibility index (Phi) is 5.09. The van der Waals surface area contributed by atoms with E-state index < -0.39 is 0 Å². The summed E-state index contributed by atoms with van der Waals surface area (Å²) in [6, 6.07) is 16.5. The fourth-order valence-electron chi connectivity index (χ4n) is 3.50. The van der Waals surface area contributed by atoms with E-state index in [1.807, 2.05) is 24.3 Å². The number of aromatic nitrogens is 2. The van der Waals surface area contributed by atoms with Crippen LogP contribution in [-0.2, 0) is 17.7 Å². The Morgan fingerprint density at radius 2 is 2.08 bits per heavy atom. The molecule has 0 unspecified atom stereocenters. The number of hydrogen-bond donors (Lipinski definition) is 1. The second kappa shape index (κ2) is 7.81. The van der Waals surface area contributed by atoms with Crippen molar-refractivity contribution in [2.75, 3.05) is 25.4 Å². The molecule has 1 fully saturated rings. The van der Waals surface area contributed by atoms with Crippen molar-refractivity contribution in [3.63, 3.8) is 0 Å². The maximum Gasteiger partial charge on any atom is 0.123 e. The molecule has 0 amide bonds. The van der Waals surface area contributed by atoms with Crippen molar-refractivity contribution in [1.82, 2.24) is 14.9 Å². The van der Waals surface area contributed by atoms with Crippen molar-refractivity contribution in [3.8, 4) is 0 Å². The molecule has 1 aliphatic heterocycles. The molecule has 0 radical (unpaired) electrons. The molecule has 1 atom stereocenters. The van der Waals surface area contributed by atoms with E-state index in [1.54, 1.807) is 6.20 Å². The molecular formula is C21H24N4O. The van der Waals surface area contributed by atoms with Gasteiger partial charge < -0.3 is 10.5 Å². The van der Waals surface area contributed by atoms with Crippen LogP contribution in [0.2, 0.25) is 0 Å². The van der Waals surface area contributed by atoms with Crippen molar-refractivity contribution in [1.29, 1.82) is 0 Å². The maximum absolute atomic E-state index is 5.96. The number of hydrogen-bond acceptors (Lipinski definition) is 5. The number of para-hydroxylation sites is 1. The first-order valence-corrected chi connectivity index (χ1v) is 9.15. The number of nitrogen functional groups attached to an aromatic ring is 1. The molecule has 0 bridgehead atoms. The lowest BCUT2D eigenvalue weighted by atomic mass is 10.1. The minimum atomic E-state index is 0.249. The highest BCUT2D eigenvalue weighted by Crippen LogP contribution is 2.17. The SMILES string of the molecule is Nc1cc(CC[C@H]2CN(Cc3ccc4ccccc4n3)CCO2)ccn1. The summed E-state index contributed by atoms with van der Waals surface area (Å²) in [5, 5.41) is 1.19. The third kappa shape index (κ3) is 4.18. The predicted octanol–water partition coefficient (Wildman–Crippen LogP) is 3.05. The zero-order valence-corrected chi connectivity index (χ0v) is 14.8. The van der Waals surface area contributed by atoms with Crippen LogP contribution in [0.15, 0.2) is 54.7 Å². The molecule has 26 heavy (non-hydrogen) atoms. The van der Waals surface area contributed by atoms with E-state index in [1.165, 1.54) is 10.9 Å². The number of nitrogens with zero attached hydrogens (tertiary/aromatic N) is 3. The summed E-state index contributed by atoms with van der Waals surface area (Å²) in [4.78, 5) is 11.3. The van der Waals surface area contributed by atoms with Crippen LogP contribution in [0.4, 0.5) is 5.82 Å². The summed E-state index contributed by atoms with van der Waals surface area (Å²) >= 11 is 0. The van der Waals surface area contributed by atoms with Gasteiger partial charge in [-0.2, -0.15) is 0 Å². The number of benzene rings is 1. The van der Waals surface area contributed by atoms with Gasteiger partial charge in [-0.25, -0.2) is 4.98 Å². The topological polar surface area (TPSA) is 64.3 Å². The highest BCUT2D eigenvalue weighted by atomic mass is 16.5. The first-order valence-electron chi connectivity index (χ1n) is 9.15. The molecule has 3 heterocycles. The lowest BCUT2D eigenvalue weighted by Gasteiger charge is -2.32. The molecule has 5 heteroatoms.